The standard InChI is InChI=1S/C21H30FN3O3/c1-4-7-8-15(5-2)13-23-18(26)14-25-19(27)21(6-3,24-20(25)28)16-9-11-17(22)12-10-16/h9-12,15H,4-8,13-14H2,1-3H3,(H,23,26)(H,24,28)/t15-,21+/m1/s1. The van der Waals surface area contributed by atoms with E-state index >= 15 is 0 Å². The van der Waals surface area contributed by atoms with Gasteiger partial charge in [-0.05, 0) is 36.5 Å². The molecule has 7 heteroatoms. The van der Waals surface area contributed by atoms with Gasteiger partial charge in [-0.1, -0.05) is 52.2 Å². The van der Waals surface area contributed by atoms with Crippen molar-refractivity contribution in [1.29, 1.82) is 0 Å². The van der Waals surface area contributed by atoms with Gasteiger partial charge in [-0.2, -0.15) is 0 Å². The first-order valence-corrected chi connectivity index (χ1v) is 10.0. The van der Waals surface area contributed by atoms with Gasteiger partial charge >= 0.3 is 6.03 Å². The zero-order valence-electron chi connectivity index (χ0n) is 16.9. The Bertz CT molecular complexity index is 707. The molecule has 0 unspecified atom stereocenters. The number of hydrogen-bond acceptors (Lipinski definition) is 3. The van der Waals surface area contributed by atoms with E-state index in [9.17, 15) is 18.8 Å². The fourth-order valence-electron chi connectivity index (χ4n) is 3.54. The lowest BCUT2D eigenvalue weighted by molar-refractivity contribution is -0.135. The first-order chi connectivity index (χ1) is 13.4. The Morgan fingerprint density at radius 2 is 1.89 bits per heavy atom. The summed E-state index contributed by atoms with van der Waals surface area (Å²) in [5, 5.41) is 5.54. The summed E-state index contributed by atoms with van der Waals surface area (Å²) in [6, 6.07) is 4.87. The van der Waals surface area contributed by atoms with E-state index < -0.39 is 23.3 Å². The minimum absolute atomic E-state index is 0.302. The second-order valence-electron chi connectivity index (χ2n) is 7.31. The number of unbranched alkanes of at least 4 members (excludes halogenated alkanes) is 1. The van der Waals surface area contributed by atoms with Crippen molar-refractivity contribution in [2.75, 3.05) is 13.1 Å². The molecule has 1 fully saturated rings. The Kier molecular flexibility index (Phi) is 7.54. The van der Waals surface area contributed by atoms with Crippen LogP contribution in [0.2, 0.25) is 0 Å². The van der Waals surface area contributed by atoms with Gasteiger partial charge in [0.05, 0.1) is 0 Å². The summed E-state index contributed by atoms with van der Waals surface area (Å²) in [7, 11) is 0. The second kappa shape index (κ2) is 9.66. The molecule has 1 aromatic carbocycles. The van der Waals surface area contributed by atoms with Crippen LogP contribution in [0.3, 0.4) is 0 Å². The molecule has 2 N–H and O–H groups in total. The Labute approximate surface area is 165 Å². The van der Waals surface area contributed by atoms with Gasteiger partial charge < -0.3 is 10.6 Å². The van der Waals surface area contributed by atoms with Crippen molar-refractivity contribution in [2.24, 2.45) is 5.92 Å². The number of nitrogens with zero attached hydrogens (tertiary/aromatic N) is 1. The average molecular weight is 391 g/mol. The number of carbonyl (C=O) groups is 3. The lowest BCUT2D eigenvalue weighted by Gasteiger charge is -2.25. The number of hydrogen-bond donors (Lipinski definition) is 2. The molecule has 0 radical (unpaired) electrons. The lowest BCUT2D eigenvalue weighted by Crippen LogP contribution is -2.45. The summed E-state index contributed by atoms with van der Waals surface area (Å²) in [6.45, 7) is 6.20. The Morgan fingerprint density at radius 3 is 2.46 bits per heavy atom. The highest BCUT2D eigenvalue weighted by Crippen LogP contribution is 2.32. The number of imide groups is 1. The summed E-state index contributed by atoms with van der Waals surface area (Å²) in [5.41, 5.74) is -0.763. The molecule has 0 saturated carbocycles. The highest BCUT2D eigenvalue weighted by atomic mass is 19.1. The first kappa shape index (κ1) is 21.9. The number of benzene rings is 1. The minimum Gasteiger partial charge on any atom is -0.354 e. The topological polar surface area (TPSA) is 78.5 Å². The quantitative estimate of drug-likeness (QED) is 0.601. The molecule has 6 nitrogen and oxygen atoms in total. The van der Waals surface area contributed by atoms with E-state index in [1.807, 2.05) is 0 Å². The molecule has 0 spiro atoms. The van der Waals surface area contributed by atoms with Crippen molar-refractivity contribution in [3.8, 4) is 0 Å². The average Bonchev–Trinajstić information content (AvgIpc) is 2.93. The second-order valence-corrected chi connectivity index (χ2v) is 7.31. The van der Waals surface area contributed by atoms with Crippen LogP contribution in [0.5, 0.6) is 0 Å². The van der Waals surface area contributed by atoms with Gasteiger partial charge in [0.25, 0.3) is 5.91 Å². The van der Waals surface area contributed by atoms with E-state index in [0.29, 0.717) is 24.4 Å². The van der Waals surface area contributed by atoms with E-state index in [2.05, 4.69) is 24.5 Å². The van der Waals surface area contributed by atoms with Crippen molar-refractivity contribution < 1.29 is 18.8 Å². The number of rotatable bonds is 10. The summed E-state index contributed by atoms with van der Waals surface area (Å²) in [6.07, 6.45) is 4.52. The molecule has 154 valence electrons. The van der Waals surface area contributed by atoms with Gasteiger partial charge in [0, 0.05) is 6.54 Å². The molecular weight excluding hydrogens is 361 g/mol. The molecule has 2 atom stereocenters. The molecule has 28 heavy (non-hydrogen) atoms. The van der Waals surface area contributed by atoms with Gasteiger partial charge in [0.2, 0.25) is 5.91 Å². The Hall–Kier alpha value is -2.44. The van der Waals surface area contributed by atoms with Crippen molar-refractivity contribution in [1.82, 2.24) is 15.5 Å². The lowest BCUT2D eigenvalue weighted by atomic mass is 9.87. The summed E-state index contributed by atoms with van der Waals surface area (Å²) in [5.74, 6) is -0.873. The number of urea groups is 1. The van der Waals surface area contributed by atoms with Crippen LogP contribution in [-0.2, 0) is 15.1 Å². The maximum atomic E-state index is 13.2. The predicted octanol–water partition coefficient (Wildman–Crippen LogP) is 3.32. The molecule has 0 aromatic heterocycles. The largest absolute Gasteiger partial charge is 0.354 e. The van der Waals surface area contributed by atoms with Gasteiger partial charge in [-0.15, -0.1) is 0 Å². The van der Waals surface area contributed by atoms with Gasteiger partial charge in [-0.25, -0.2) is 9.18 Å². The molecular formula is C21H30FN3O3. The molecule has 1 aliphatic heterocycles. The number of amides is 4. The predicted molar refractivity (Wildman–Crippen MR) is 105 cm³/mol. The molecule has 0 aliphatic carbocycles. The number of nitrogens with one attached hydrogen (secondary N) is 2. The van der Waals surface area contributed by atoms with Crippen LogP contribution in [0.1, 0.15) is 58.4 Å². The van der Waals surface area contributed by atoms with E-state index in [0.717, 1.165) is 30.6 Å². The zero-order valence-corrected chi connectivity index (χ0v) is 16.9. The third-order valence-corrected chi connectivity index (χ3v) is 5.48. The van der Waals surface area contributed by atoms with Crippen LogP contribution in [0.4, 0.5) is 9.18 Å². The van der Waals surface area contributed by atoms with Gasteiger partial charge in [0.15, 0.2) is 0 Å². The monoisotopic (exact) mass is 391 g/mol. The van der Waals surface area contributed by atoms with Crippen LogP contribution < -0.4 is 10.6 Å². The summed E-state index contributed by atoms with van der Waals surface area (Å²) < 4.78 is 13.2. The van der Waals surface area contributed by atoms with Crippen molar-refractivity contribution in [2.45, 2.75) is 58.4 Å². The SMILES string of the molecule is CCCC[C@@H](CC)CNC(=O)CN1C(=O)N[C@@](CC)(c2ccc(F)cc2)C1=O. The number of carbonyl (C=O) groups excluding carboxylic acids is 3. The van der Waals surface area contributed by atoms with Crippen LogP contribution in [0.15, 0.2) is 24.3 Å². The summed E-state index contributed by atoms with van der Waals surface area (Å²) in [4.78, 5) is 38.7. The maximum Gasteiger partial charge on any atom is 0.325 e. The molecule has 2 rings (SSSR count). The fraction of sp³-hybridized carbons (Fsp3) is 0.571. The zero-order chi connectivity index (χ0) is 20.7. The van der Waals surface area contributed by atoms with Crippen LogP contribution in [-0.4, -0.2) is 35.8 Å². The van der Waals surface area contributed by atoms with Crippen LogP contribution >= 0.6 is 0 Å². The highest BCUT2D eigenvalue weighted by Gasteiger charge is 2.51. The summed E-state index contributed by atoms with van der Waals surface area (Å²) >= 11 is 0. The smallest absolute Gasteiger partial charge is 0.325 e. The Balaban J connectivity index is 2.04. The van der Waals surface area contributed by atoms with Crippen molar-refractivity contribution >= 4 is 17.8 Å². The third-order valence-electron chi connectivity index (χ3n) is 5.48. The highest BCUT2D eigenvalue weighted by molar-refractivity contribution is 6.09. The molecule has 1 saturated heterocycles. The van der Waals surface area contributed by atoms with Gasteiger partial charge in [-0.3, -0.25) is 14.5 Å². The Morgan fingerprint density at radius 1 is 1.21 bits per heavy atom. The fourth-order valence-corrected chi connectivity index (χ4v) is 3.54. The van der Waals surface area contributed by atoms with Crippen LogP contribution in [0.25, 0.3) is 0 Å². The van der Waals surface area contributed by atoms with Crippen molar-refractivity contribution in [3.05, 3.63) is 35.6 Å². The first-order valence-electron chi connectivity index (χ1n) is 10.0. The minimum atomic E-state index is -1.27. The van der Waals surface area contributed by atoms with E-state index in [4.69, 9.17) is 0 Å². The molecule has 1 aliphatic rings. The molecule has 1 aromatic rings. The molecule has 4 amide bonds. The van der Waals surface area contributed by atoms with Crippen molar-refractivity contribution in [3.63, 3.8) is 0 Å². The normalized spacial score (nSPS) is 20.2. The third kappa shape index (κ3) is 4.69. The molecule has 0 bridgehead atoms. The van der Waals surface area contributed by atoms with E-state index in [1.165, 1.54) is 24.3 Å². The molecule has 1 heterocycles. The maximum absolute atomic E-state index is 13.2. The number of halogens is 1. The van der Waals surface area contributed by atoms with E-state index in [-0.39, 0.29) is 12.5 Å². The van der Waals surface area contributed by atoms with E-state index in [1.54, 1.807) is 6.92 Å². The van der Waals surface area contributed by atoms with Gasteiger partial charge in [0.1, 0.15) is 17.9 Å². The van der Waals surface area contributed by atoms with Crippen LogP contribution in [0, 0.1) is 11.7 Å².